The summed E-state index contributed by atoms with van der Waals surface area (Å²) in [5.41, 5.74) is 10.2. The third-order valence-electron chi connectivity index (χ3n) is 14.0. The van der Waals surface area contributed by atoms with Gasteiger partial charge in [0.05, 0.1) is 41.5 Å². The molecule has 5 heterocycles. The highest BCUT2D eigenvalue weighted by molar-refractivity contribution is 7.26. The number of aryl methyl sites for hydroxylation is 2. The molecule has 8 aromatic carbocycles. The molecule has 13 rings (SSSR count). The minimum absolute atomic E-state index is 0. The number of hydrogen-bond donors (Lipinski definition) is 0. The number of Topliss-reactive ketones (excluding diaryl/α,β-unsaturated/α-hetero) is 1. The first kappa shape index (κ1) is 47.7. The zero-order valence-corrected chi connectivity index (χ0v) is 44.5. The van der Waals surface area contributed by atoms with E-state index in [-0.39, 0.29) is 30.9 Å². The maximum atomic E-state index is 9.62. The molecule has 0 N–H and O–H groups in total. The molecule has 0 aliphatic carbocycles. The lowest BCUT2D eigenvalue weighted by Crippen LogP contribution is -2.10. The van der Waals surface area contributed by atoms with Crippen molar-refractivity contribution in [2.24, 2.45) is 0 Å². The van der Waals surface area contributed by atoms with Gasteiger partial charge in [-0.25, -0.2) is 0 Å². The molecular weight excluding hydrogens is 944 g/mol. The summed E-state index contributed by atoms with van der Waals surface area (Å²) < 4.78 is 25.1. The van der Waals surface area contributed by atoms with Crippen molar-refractivity contribution in [2.75, 3.05) is 14.2 Å². The third-order valence-corrected chi connectivity index (χ3v) is 16.6. The number of fused-ring (bicyclic) bond motifs is 17. The average Bonchev–Trinajstić information content (AvgIpc) is 4.15. The van der Waals surface area contributed by atoms with Crippen LogP contribution in [0.5, 0.6) is 11.5 Å². The lowest BCUT2D eigenvalue weighted by Gasteiger charge is -2.19. The minimum Gasteiger partial charge on any atom is -0.497 e. The minimum atomic E-state index is -0.0833. The Labute approximate surface area is 435 Å². The Balaban J connectivity index is 0.000000152. The molecule has 0 aliphatic rings. The van der Waals surface area contributed by atoms with Gasteiger partial charge in [-0.1, -0.05) is 109 Å². The van der Waals surface area contributed by atoms with E-state index < -0.39 is 0 Å². The number of benzene rings is 8. The second kappa shape index (κ2) is 17.8. The van der Waals surface area contributed by atoms with Crippen LogP contribution < -0.4 is 9.47 Å². The van der Waals surface area contributed by atoms with E-state index >= 15 is 0 Å². The van der Waals surface area contributed by atoms with Crippen LogP contribution in [0.1, 0.15) is 86.4 Å². The number of ether oxygens (including phenoxy) is 2. The van der Waals surface area contributed by atoms with Crippen molar-refractivity contribution in [3.63, 3.8) is 0 Å². The van der Waals surface area contributed by atoms with E-state index in [0.717, 1.165) is 27.7 Å². The predicted molar refractivity (Wildman–Crippen MR) is 316 cm³/mol. The fourth-order valence-corrected chi connectivity index (χ4v) is 13.1. The highest BCUT2D eigenvalue weighted by Gasteiger charge is 2.26. The molecule has 0 saturated heterocycles. The third kappa shape index (κ3) is 7.92. The van der Waals surface area contributed by atoms with Gasteiger partial charge in [-0.05, 0) is 161 Å². The number of carbonyl (C=O) groups is 1. The molecule has 0 radical (unpaired) electrons. The quantitative estimate of drug-likeness (QED) is 0.177. The molecule has 0 unspecified atom stereocenters. The average molecular weight is 1010 g/mol. The number of methoxy groups -OCH3 is 2. The number of hydrogen-bond acceptors (Lipinski definition) is 5. The van der Waals surface area contributed by atoms with E-state index in [0.29, 0.717) is 0 Å². The van der Waals surface area contributed by atoms with Gasteiger partial charge in [0, 0.05) is 53.9 Å². The first-order valence-corrected chi connectivity index (χ1v) is 26.1. The van der Waals surface area contributed by atoms with Crippen LogP contribution in [0.15, 0.2) is 127 Å². The molecule has 0 bridgehead atoms. The Bertz CT molecular complexity index is 4330. The van der Waals surface area contributed by atoms with Crippen molar-refractivity contribution in [3.05, 3.63) is 155 Å². The van der Waals surface area contributed by atoms with Crippen molar-refractivity contribution in [1.82, 2.24) is 8.97 Å². The molecule has 0 atom stereocenters. The Morgan fingerprint density at radius 1 is 0.556 bits per heavy atom. The lowest BCUT2D eigenvalue weighted by atomic mass is 9.86. The molecule has 0 saturated carbocycles. The molecule has 0 aliphatic heterocycles. The smallest absolute Gasteiger partial charge is 0.126 e. The fraction of sp³-hybridized carbons (Fsp3) is 0.234. The van der Waals surface area contributed by atoms with Crippen molar-refractivity contribution < 1.29 is 15.6 Å². The van der Waals surface area contributed by atoms with Gasteiger partial charge >= 0.3 is 0 Å². The molecule has 5 nitrogen and oxygen atoms in total. The Morgan fingerprint density at radius 3 is 1.69 bits per heavy atom. The van der Waals surface area contributed by atoms with E-state index in [2.05, 4.69) is 180 Å². The van der Waals surface area contributed by atoms with Gasteiger partial charge in [-0.15, -0.1) is 22.7 Å². The number of nitrogens with zero attached hydrogens (tertiary/aromatic N) is 2. The summed E-state index contributed by atoms with van der Waals surface area (Å²) in [6.07, 6.45) is 0. The molecule has 0 spiro atoms. The maximum Gasteiger partial charge on any atom is 0.126 e. The second-order valence-corrected chi connectivity index (χ2v) is 23.6. The molecule has 364 valence electrons. The van der Waals surface area contributed by atoms with E-state index in [1.807, 2.05) is 34.8 Å². The second-order valence-electron chi connectivity index (χ2n) is 21.1. The van der Waals surface area contributed by atoms with E-state index in [9.17, 15) is 4.79 Å². The lowest BCUT2D eigenvalue weighted by molar-refractivity contribution is -0.115. The zero-order chi connectivity index (χ0) is 50.7. The first-order valence-electron chi connectivity index (χ1n) is 24.8. The number of halogens is 1. The largest absolute Gasteiger partial charge is 0.497 e. The van der Waals surface area contributed by atoms with Crippen molar-refractivity contribution in [1.29, 1.82) is 0 Å². The molecule has 72 heavy (non-hydrogen) atoms. The summed E-state index contributed by atoms with van der Waals surface area (Å²) in [4.78, 5) is 12.2. The van der Waals surface area contributed by atoms with Crippen molar-refractivity contribution >= 4 is 140 Å². The van der Waals surface area contributed by atoms with Crippen LogP contribution in [0.2, 0.25) is 5.02 Å². The van der Waals surface area contributed by atoms with Gasteiger partial charge in [-0.2, -0.15) is 0 Å². The van der Waals surface area contributed by atoms with Crippen LogP contribution in [0.25, 0.3) is 106 Å². The van der Waals surface area contributed by atoms with Crippen LogP contribution in [0.4, 0.5) is 0 Å². The Kier molecular flexibility index (Phi) is 11.8. The maximum absolute atomic E-state index is 9.62. The first-order chi connectivity index (χ1) is 34.4. The number of ketones is 1. The topological polar surface area (TPSA) is 44.9 Å². The summed E-state index contributed by atoms with van der Waals surface area (Å²) in [6, 6.07) is 46.7. The number of carbonyl (C=O) groups excluding carboxylic acids is 1. The Hall–Kier alpha value is -6.64. The molecular formula is C64H61ClN2O3S2. The van der Waals surface area contributed by atoms with E-state index in [1.54, 1.807) is 14.2 Å². The molecule has 8 heteroatoms. The fourth-order valence-electron chi connectivity index (χ4n) is 10.5. The van der Waals surface area contributed by atoms with E-state index in [4.69, 9.17) is 22.4 Å². The molecule has 13 aromatic rings. The van der Waals surface area contributed by atoms with Gasteiger partial charge in [-0.3, -0.25) is 8.97 Å². The van der Waals surface area contributed by atoms with E-state index in [1.165, 1.54) is 124 Å². The Morgan fingerprint density at radius 2 is 1.10 bits per heavy atom. The predicted octanol–water partition coefficient (Wildman–Crippen LogP) is 19.5. The summed E-state index contributed by atoms with van der Waals surface area (Å²) in [5, 5.41) is 16.3. The highest BCUT2D eigenvalue weighted by atomic mass is 35.5. The van der Waals surface area contributed by atoms with Gasteiger partial charge in [0.1, 0.15) is 26.9 Å². The summed E-state index contributed by atoms with van der Waals surface area (Å²) in [6.45, 7) is 19.3. The van der Waals surface area contributed by atoms with Gasteiger partial charge < -0.3 is 14.3 Å². The monoisotopic (exact) mass is 1010 g/mol. The van der Waals surface area contributed by atoms with Gasteiger partial charge in [0.15, 0.2) is 0 Å². The standard InChI is InChI=1S/C30H26ClNOS.C30H25NOS.C3H6O.CH4/c1-17-6-11-23(31)25(14-17)32-24-12-8-18-7-10-20(33-5)16-21(18)27(24)28-22-15-19(30(2,3)4)9-13-26(22)34-29(28)32;1-16-6-10-20-22-13-17-7-9-19(32-5)15-21(17)26-27-23-14-18(30(2,3)4)8-11-25(23)33-29(27)31(28(22)26)24(20)12-16;1-3(2)4;/h6-16H,1-5H3;6-15H,1-5H3;1-2H3;1H4/i;;1D;. The van der Waals surface area contributed by atoms with Gasteiger partial charge in [0.2, 0.25) is 0 Å². The molecule has 0 amide bonds. The van der Waals surface area contributed by atoms with Gasteiger partial charge in [0.25, 0.3) is 0 Å². The van der Waals surface area contributed by atoms with Crippen molar-refractivity contribution in [2.45, 2.75) is 87.5 Å². The van der Waals surface area contributed by atoms with Crippen LogP contribution in [0, 0.1) is 13.8 Å². The summed E-state index contributed by atoms with van der Waals surface area (Å²) >= 11 is 10.5. The van der Waals surface area contributed by atoms with Crippen LogP contribution in [-0.2, 0) is 15.6 Å². The number of thiophene rings is 2. The molecule has 5 aromatic heterocycles. The SMILES string of the molecule is C.COc1ccc2cc3c4ccc(C)cc4n4c5sc6ccc(C(C)(C)C)cc6c5c(c2c1)c34.COc1ccc2ccc3c(c2c1)c1c2cc(C(C)(C)C)ccc2sc1n3-c1cc(C)ccc1Cl.[2H]CC(C)=O. The molecule has 0 fully saturated rings. The number of rotatable bonds is 3. The number of aromatic nitrogens is 2. The summed E-state index contributed by atoms with van der Waals surface area (Å²) in [5.74, 6) is 1.69. The normalized spacial score (nSPS) is 12.4. The van der Waals surface area contributed by atoms with Crippen LogP contribution in [-0.4, -0.2) is 29.0 Å². The zero-order valence-electron chi connectivity index (χ0n) is 43.1. The van der Waals surface area contributed by atoms with Crippen LogP contribution in [0.3, 0.4) is 0 Å². The van der Waals surface area contributed by atoms with Crippen LogP contribution >= 0.6 is 34.3 Å². The summed E-state index contributed by atoms with van der Waals surface area (Å²) in [7, 11) is 3.48. The highest BCUT2D eigenvalue weighted by Crippen LogP contribution is 2.50. The van der Waals surface area contributed by atoms with Crippen molar-refractivity contribution in [3.8, 4) is 17.2 Å².